The van der Waals surface area contributed by atoms with Crippen LogP contribution in [0.2, 0.25) is 0 Å². The van der Waals surface area contributed by atoms with Crippen LogP contribution < -0.4 is 4.83 Å². The lowest BCUT2D eigenvalue weighted by Gasteiger charge is -2.32. The molecule has 1 aliphatic heterocycles. The molecule has 1 aromatic rings. The molecule has 0 aromatic heterocycles. The number of phenolic OH excluding ortho intramolecular Hbond substituents is 1. The van der Waals surface area contributed by atoms with Crippen LogP contribution in [0.4, 0.5) is 0 Å². The smallest absolute Gasteiger partial charge is 0.253 e. The number of piperazine rings is 1. The average Bonchev–Trinajstić information content (AvgIpc) is 2.32. The van der Waals surface area contributed by atoms with E-state index in [0.717, 1.165) is 13.1 Å². The van der Waals surface area contributed by atoms with E-state index in [9.17, 15) is 8.42 Å². The van der Waals surface area contributed by atoms with Crippen molar-refractivity contribution in [3.05, 3.63) is 24.3 Å². The van der Waals surface area contributed by atoms with Crippen molar-refractivity contribution in [2.24, 2.45) is 0 Å². The highest BCUT2D eigenvalue weighted by molar-refractivity contribution is 7.89. The predicted molar refractivity (Wildman–Crippen MR) is 67.5 cm³/mol. The fourth-order valence-corrected chi connectivity index (χ4v) is 2.87. The molecule has 1 aromatic carbocycles. The molecule has 1 aliphatic rings. The standard InChI is InChI=1S/C11H17N3O3S/c1-13-6-8-14(9-7-13)12-18(16,17)11-4-2-10(15)3-5-11/h2-5,12,15H,6-9H2,1H3. The first-order valence-corrected chi connectivity index (χ1v) is 7.21. The van der Waals surface area contributed by atoms with Gasteiger partial charge in [-0.3, -0.25) is 0 Å². The van der Waals surface area contributed by atoms with Crippen molar-refractivity contribution < 1.29 is 13.5 Å². The van der Waals surface area contributed by atoms with E-state index in [1.807, 2.05) is 7.05 Å². The largest absolute Gasteiger partial charge is 0.508 e. The number of sulfonamides is 1. The van der Waals surface area contributed by atoms with Crippen LogP contribution in [0.5, 0.6) is 5.75 Å². The Morgan fingerprint density at radius 2 is 1.67 bits per heavy atom. The number of hydrazine groups is 1. The Labute approximate surface area is 107 Å². The van der Waals surface area contributed by atoms with Crippen LogP contribution in [-0.2, 0) is 10.0 Å². The zero-order chi connectivity index (χ0) is 13.2. The van der Waals surface area contributed by atoms with Gasteiger partial charge in [-0.05, 0) is 31.3 Å². The van der Waals surface area contributed by atoms with Gasteiger partial charge in [-0.15, -0.1) is 4.83 Å². The second-order valence-corrected chi connectivity index (χ2v) is 6.04. The van der Waals surface area contributed by atoms with E-state index in [1.165, 1.54) is 24.3 Å². The molecular formula is C11H17N3O3S. The number of rotatable bonds is 3. The molecule has 1 fully saturated rings. The van der Waals surface area contributed by atoms with Gasteiger partial charge in [0.15, 0.2) is 0 Å². The van der Waals surface area contributed by atoms with Gasteiger partial charge in [0, 0.05) is 26.2 Å². The molecule has 100 valence electrons. The molecule has 2 rings (SSSR count). The first-order valence-electron chi connectivity index (χ1n) is 5.72. The Kier molecular flexibility index (Phi) is 3.86. The molecular weight excluding hydrogens is 254 g/mol. The van der Waals surface area contributed by atoms with Gasteiger partial charge < -0.3 is 10.0 Å². The zero-order valence-corrected chi connectivity index (χ0v) is 11.0. The van der Waals surface area contributed by atoms with Crippen molar-refractivity contribution in [3.8, 4) is 5.75 Å². The van der Waals surface area contributed by atoms with Crippen molar-refractivity contribution in [2.45, 2.75) is 4.90 Å². The van der Waals surface area contributed by atoms with E-state index in [2.05, 4.69) is 9.73 Å². The third kappa shape index (κ3) is 3.20. The Morgan fingerprint density at radius 1 is 1.11 bits per heavy atom. The highest BCUT2D eigenvalue weighted by Gasteiger charge is 2.21. The zero-order valence-electron chi connectivity index (χ0n) is 10.2. The van der Waals surface area contributed by atoms with Gasteiger partial charge in [-0.2, -0.15) is 0 Å². The molecule has 6 nitrogen and oxygen atoms in total. The number of benzene rings is 1. The van der Waals surface area contributed by atoms with E-state index in [0.29, 0.717) is 13.1 Å². The molecule has 0 unspecified atom stereocenters. The SMILES string of the molecule is CN1CCN(NS(=O)(=O)c2ccc(O)cc2)CC1. The minimum absolute atomic E-state index is 0.0496. The summed E-state index contributed by atoms with van der Waals surface area (Å²) in [5.41, 5.74) is 0. The van der Waals surface area contributed by atoms with Crippen LogP contribution >= 0.6 is 0 Å². The number of aromatic hydroxyl groups is 1. The van der Waals surface area contributed by atoms with Crippen LogP contribution in [0, 0.1) is 0 Å². The van der Waals surface area contributed by atoms with E-state index < -0.39 is 10.0 Å². The monoisotopic (exact) mass is 271 g/mol. The molecule has 2 N–H and O–H groups in total. The lowest BCUT2D eigenvalue weighted by atomic mass is 10.3. The Bertz CT molecular complexity index is 493. The lowest BCUT2D eigenvalue weighted by Crippen LogP contribution is -2.52. The maximum atomic E-state index is 12.0. The Balaban J connectivity index is 2.05. The van der Waals surface area contributed by atoms with Gasteiger partial charge in [0.05, 0.1) is 4.90 Å². The van der Waals surface area contributed by atoms with Crippen LogP contribution in [-0.4, -0.2) is 56.7 Å². The van der Waals surface area contributed by atoms with E-state index in [-0.39, 0.29) is 10.6 Å². The molecule has 0 aliphatic carbocycles. The normalized spacial score (nSPS) is 18.9. The third-order valence-electron chi connectivity index (χ3n) is 2.90. The maximum Gasteiger partial charge on any atom is 0.253 e. The summed E-state index contributed by atoms with van der Waals surface area (Å²) in [6.07, 6.45) is 0. The average molecular weight is 271 g/mol. The first-order chi connectivity index (χ1) is 8.47. The summed E-state index contributed by atoms with van der Waals surface area (Å²) in [6, 6.07) is 5.48. The third-order valence-corrected chi connectivity index (χ3v) is 4.29. The number of hydrogen-bond donors (Lipinski definition) is 2. The minimum atomic E-state index is -3.55. The fraction of sp³-hybridized carbons (Fsp3) is 0.455. The van der Waals surface area contributed by atoms with Gasteiger partial charge in [0.1, 0.15) is 5.75 Å². The quantitative estimate of drug-likeness (QED) is 0.799. The lowest BCUT2D eigenvalue weighted by molar-refractivity contribution is 0.135. The number of nitrogens with zero attached hydrogens (tertiary/aromatic N) is 2. The van der Waals surface area contributed by atoms with Crippen LogP contribution in [0.15, 0.2) is 29.2 Å². The molecule has 0 spiro atoms. The maximum absolute atomic E-state index is 12.0. The number of likely N-dealkylation sites (N-methyl/N-ethyl adjacent to an activating group) is 1. The summed E-state index contributed by atoms with van der Waals surface area (Å²) in [5.74, 6) is 0.0496. The molecule has 0 bridgehead atoms. The van der Waals surface area contributed by atoms with Gasteiger partial charge in [0.25, 0.3) is 10.0 Å². The highest BCUT2D eigenvalue weighted by Crippen LogP contribution is 2.14. The topological polar surface area (TPSA) is 72.9 Å². The van der Waals surface area contributed by atoms with Crippen molar-refractivity contribution in [3.63, 3.8) is 0 Å². The van der Waals surface area contributed by atoms with Gasteiger partial charge in [0.2, 0.25) is 0 Å². The predicted octanol–water partition coefficient (Wildman–Crippen LogP) is -0.167. The Hall–Kier alpha value is -1.15. The second-order valence-electron chi connectivity index (χ2n) is 4.38. The fourth-order valence-electron chi connectivity index (χ4n) is 1.75. The highest BCUT2D eigenvalue weighted by atomic mass is 32.2. The second kappa shape index (κ2) is 5.23. The summed E-state index contributed by atoms with van der Waals surface area (Å²) in [4.78, 5) is 4.85. The summed E-state index contributed by atoms with van der Waals surface area (Å²) < 4.78 is 24.1. The summed E-state index contributed by atoms with van der Waals surface area (Å²) in [5, 5.41) is 10.8. The van der Waals surface area contributed by atoms with E-state index in [1.54, 1.807) is 5.01 Å². The van der Waals surface area contributed by atoms with E-state index >= 15 is 0 Å². The molecule has 0 radical (unpaired) electrons. The van der Waals surface area contributed by atoms with Crippen molar-refractivity contribution in [1.29, 1.82) is 0 Å². The van der Waals surface area contributed by atoms with Crippen LogP contribution in [0.3, 0.4) is 0 Å². The molecule has 0 atom stereocenters. The first kappa shape index (κ1) is 13.3. The van der Waals surface area contributed by atoms with Gasteiger partial charge in [-0.25, -0.2) is 13.4 Å². The van der Waals surface area contributed by atoms with Crippen molar-refractivity contribution in [2.75, 3.05) is 33.2 Å². The van der Waals surface area contributed by atoms with Gasteiger partial charge in [-0.1, -0.05) is 0 Å². The summed E-state index contributed by atoms with van der Waals surface area (Å²) >= 11 is 0. The summed E-state index contributed by atoms with van der Waals surface area (Å²) in [6.45, 7) is 2.98. The minimum Gasteiger partial charge on any atom is -0.508 e. The number of nitrogens with one attached hydrogen (secondary N) is 1. The molecule has 18 heavy (non-hydrogen) atoms. The number of phenols is 1. The van der Waals surface area contributed by atoms with Gasteiger partial charge >= 0.3 is 0 Å². The van der Waals surface area contributed by atoms with Crippen molar-refractivity contribution >= 4 is 10.0 Å². The number of hydrogen-bond acceptors (Lipinski definition) is 5. The molecule has 0 saturated carbocycles. The van der Waals surface area contributed by atoms with E-state index in [4.69, 9.17) is 5.11 Å². The molecule has 1 heterocycles. The van der Waals surface area contributed by atoms with Crippen molar-refractivity contribution in [1.82, 2.24) is 14.7 Å². The molecule has 7 heteroatoms. The Morgan fingerprint density at radius 3 is 2.22 bits per heavy atom. The van der Waals surface area contributed by atoms with Crippen LogP contribution in [0.1, 0.15) is 0 Å². The molecule has 0 amide bonds. The summed E-state index contributed by atoms with van der Waals surface area (Å²) in [7, 11) is -1.54. The molecule has 1 saturated heterocycles. The van der Waals surface area contributed by atoms with Crippen LogP contribution in [0.25, 0.3) is 0 Å².